The molecule has 0 saturated carbocycles. The molecule has 0 aromatic carbocycles. The first kappa shape index (κ1) is 12.4. The minimum atomic E-state index is 0.543. The summed E-state index contributed by atoms with van der Waals surface area (Å²) in [6, 6.07) is 0. The molecule has 0 amide bonds. The Kier molecular flexibility index (Phi) is 6.51. The van der Waals surface area contributed by atoms with Crippen molar-refractivity contribution >= 4 is 12.6 Å². The van der Waals surface area contributed by atoms with Crippen molar-refractivity contribution in [3.8, 4) is 0 Å². The maximum absolute atomic E-state index is 5.62. The van der Waals surface area contributed by atoms with Crippen LogP contribution in [0, 0.1) is 5.92 Å². The van der Waals surface area contributed by atoms with Gasteiger partial charge in [0.2, 0.25) is 0 Å². The summed E-state index contributed by atoms with van der Waals surface area (Å²) in [7, 11) is 0. The fraction of sp³-hybridized carbons (Fsp3) is 0.455. The van der Waals surface area contributed by atoms with E-state index in [2.05, 4.69) is 33.1 Å². The van der Waals surface area contributed by atoms with E-state index in [-0.39, 0.29) is 0 Å². The van der Waals surface area contributed by atoms with E-state index in [1.54, 1.807) is 0 Å². The SMILES string of the molecule is C=C/C(=C\C=C(\N)CS)C(C)CC. The van der Waals surface area contributed by atoms with Crippen LogP contribution in [-0.2, 0) is 0 Å². The Hall–Kier alpha value is -0.630. The van der Waals surface area contributed by atoms with E-state index in [4.69, 9.17) is 5.73 Å². The van der Waals surface area contributed by atoms with Gasteiger partial charge in [-0.1, -0.05) is 32.6 Å². The summed E-state index contributed by atoms with van der Waals surface area (Å²) in [6.07, 6.45) is 6.92. The fourth-order valence-electron chi connectivity index (χ4n) is 0.925. The summed E-state index contributed by atoms with van der Waals surface area (Å²) < 4.78 is 0. The Labute approximate surface area is 86.8 Å². The van der Waals surface area contributed by atoms with Gasteiger partial charge in [-0.2, -0.15) is 12.6 Å². The summed E-state index contributed by atoms with van der Waals surface area (Å²) in [5.74, 6) is 1.14. The molecule has 0 aliphatic carbocycles. The standard InChI is InChI=1S/C11H19NS/c1-4-9(3)10(5-2)6-7-11(12)8-13/h5-7,9,13H,2,4,8,12H2,1,3H3/b10-6+,11-7+. The van der Waals surface area contributed by atoms with Crippen molar-refractivity contribution in [2.24, 2.45) is 11.7 Å². The van der Waals surface area contributed by atoms with Gasteiger partial charge in [0.05, 0.1) is 0 Å². The van der Waals surface area contributed by atoms with Crippen LogP contribution in [0.3, 0.4) is 0 Å². The van der Waals surface area contributed by atoms with Crippen molar-refractivity contribution < 1.29 is 0 Å². The van der Waals surface area contributed by atoms with Gasteiger partial charge in [0.1, 0.15) is 0 Å². The molecule has 0 aromatic rings. The van der Waals surface area contributed by atoms with Crippen LogP contribution in [0.2, 0.25) is 0 Å². The minimum Gasteiger partial charge on any atom is -0.401 e. The Morgan fingerprint density at radius 2 is 2.15 bits per heavy atom. The zero-order chi connectivity index (χ0) is 10.3. The lowest BCUT2D eigenvalue weighted by Crippen LogP contribution is -1.98. The predicted octanol–water partition coefficient (Wildman–Crippen LogP) is 2.92. The molecule has 1 atom stereocenters. The maximum atomic E-state index is 5.62. The van der Waals surface area contributed by atoms with Gasteiger partial charge in [-0.25, -0.2) is 0 Å². The molecule has 0 aromatic heterocycles. The minimum absolute atomic E-state index is 0.543. The first-order valence-electron chi connectivity index (χ1n) is 4.55. The lowest BCUT2D eigenvalue weighted by Gasteiger charge is -2.08. The third kappa shape index (κ3) is 4.83. The average molecular weight is 197 g/mol. The van der Waals surface area contributed by atoms with Crippen LogP contribution >= 0.6 is 12.6 Å². The Morgan fingerprint density at radius 1 is 1.54 bits per heavy atom. The van der Waals surface area contributed by atoms with Gasteiger partial charge in [-0.3, -0.25) is 0 Å². The molecule has 0 fully saturated rings. The summed E-state index contributed by atoms with van der Waals surface area (Å²) in [5, 5.41) is 0. The molecular formula is C11H19NS. The molecule has 2 N–H and O–H groups in total. The molecule has 1 unspecified atom stereocenters. The third-order valence-corrected chi connectivity index (χ3v) is 2.45. The van der Waals surface area contributed by atoms with Gasteiger partial charge in [0.25, 0.3) is 0 Å². The van der Waals surface area contributed by atoms with Crippen LogP contribution in [0.1, 0.15) is 20.3 Å². The normalized spacial score (nSPS) is 15.6. The molecule has 0 heterocycles. The van der Waals surface area contributed by atoms with Crippen LogP contribution in [-0.4, -0.2) is 5.75 Å². The monoisotopic (exact) mass is 197 g/mol. The van der Waals surface area contributed by atoms with E-state index in [0.717, 1.165) is 12.1 Å². The van der Waals surface area contributed by atoms with E-state index in [1.807, 2.05) is 18.2 Å². The Balaban J connectivity index is 4.48. The summed E-state index contributed by atoms with van der Waals surface area (Å²) in [4.78, 5) is 0. The largest absolute Gasteiger partial charge is 0.401 e. The second kappa shape index (κ2) is 6.84. The molecule has 0 radical (unpaired) electrons. The zero-order valence-electron chi connectivity index (χ0n) is 8.46. The van der Waals surface area contributed by atoms with Gasteiger partial charge in [-0.05, 0) is 24.0 Å². The highest BCUT2D eigenvalue weighted by Gasteiger charge is 2.00. The van der Waals surface area contributed by atoms with Crippen molar-refractivity contribution in [3.63, 3.8) is 0 Å². The molecule has 0 spiro atoms. The quantitative estimate of drug-likeness (QED) is 0.514. The lowest BCUT2D eigenvalue weighted by atomic mass is 9.98. The van der Waals surface area contributed by atoms with E-state index in [1.165, 1.54) is 5.57 Å². The molecule has 13 heavy (non-hydrogen) atoms. The van der Waals surface area contributed by atoms with Crippen LogP contribution in [0.25, 0.3) is 0 Å². The predicted molar refractivity (Wildman–Crippen MR) is 63.9 cm³/mol. The highest BCUT2D eigenvalue weighted by molar-refractivity contribution is 7.80. The van der Waals surface area contributed by atoms with Crippen LogP contribution in [0.15, 0.2) is 36.1 Å². The van der Waals surface area contributed by atoms with Crippen molar-refractivity contribution in [2.75, 3.05) is 5.75 Å². The number of allylic oxidation sites excluding steroid dienone is 4. The van der Waals surface area contributed by atoms with Gasteiger partial charge >= 0.3 is 0 Å². The topological polar surface area (TPSA) is 26.0 Å². The lowest BCUT2D eigenvalue weighted by molar-refractivity contribution is 0.671. The summed E-state index contributed by atoms with van der Waals surface area (Å²) >= 11 is 4.07. The molecule has 2 heteroatoms. The highest BCUT2D eigenvalue weighted by Crippen LogP contribution is 2.15. The van der Waals surface area contributed by atoms with Crippen LogP contribution in [0.4, 0.5) is 0 Å². The first-order valence-corrected chi connectivity index (χ1v) is 5.18. The fourth-order valence-corrected chi connectivity index (χ4v) is 1.03. The number of nitrogens with two attached hydrogens (primary N) is 1. The van der Waals surface area contributed by atoms with E-state index < -0.39 is 0 Å². The van der Waals surface area contributed by atoms with Crippen LogP contribution in [0.5, 0.6) is 0 Å². The Morgan fingerprint density at radius 3 is 2.54 bits per heavy atom. The van der Waals surface area contributed by atoms with Gasteiger partial charge in [0.15, 0.2) is 0 Å². The van der Waals surface area contributed by atoms with Crippen molar-refractivity contribution in [1.29, 1.82) is 0 Å². The molecule has 1 nitrogen and oxygen atoms in total. The van der Waals surface area contributed by atoms with E-state index in [0.29, 0.717) is 11.7 Å². The molecule has 0 rings (SSSR count). The smallest absolute Gasteiger partial charge is 0.0300 e. The number of thiol groups is 1. The van der Waals surface area contributed by atoms with Crippen molar-refractivity contribution in [2.45, 2.75) is 20.3 Å². The summed E-state index contributed by atoms with van der Waals surface area (Å²) in [5.41, 5.74) is 7.64. The van der Waals surface area contributed by atoms with Gasteiger partial charge in [0, 0.05) is 11.4 Å². The first-order chi connectivity index (χ1) is 6.15. The van der Waals surface area contributed by atoms with Gasteiger partial charge < -0.3 is 5.73 Å². The molecule has 0 bridgehead atoms. The van der Waals surface area contributed by atoms with Crippen LogP contribution < -0.4 is 5.73 Å². The molecular weight excluding hydrogens is 178 g/mol. The number of hydrogen-bond donors (Lipinski definition) is 2. The number of rotatable bonds is 5. The van der Waals surface area contributed by atoms with Crippen molar-refractivity contribution in [1.82, 2.24) is 0 Å². The molecule has 0 saturated heterocycles. The third-order valence-electron chi connectivity index (χ3n) is 2.09. The second-order valence-electron chi connectivity index (χ2n) is 3.08. The highest BCUT2D eigenvalue weighted by atomic mass is 32.1. The van der Waals surface area contributed by atoms with E-state index >= 15 is 0 Å². The summed E-state index contributed by atoms with van der Waals surface area (Å²) in [6.45, 7) is 8.12. The van der Waals surface area contributed by atoms with E-state index in [9.17, 15) is 0 Å². The second-order valence-corrected chi connectivity index (χ2v) is 3.40. The molecule has 0 aliphatic rings. The number of hydrogen-bond acceptors (Lipinski definition) is 2. The Bertz CT molecular complexity index is 216. The average Bonchev–Trinajstić information content (AvgIpc) is 2.17. The molecule has 74 valence electrons. The van der Waals surface area contributed by atoms with Gasteiger partial charge in [-0.15, -0.1) is 0 Å². The zero-order valence-corrected chi connectivity index (χ0v) is 9.35. The molecule has 0 aliphatic heterocycles. The maximum Gasteiger partial charge on any atom is 0.0300 e. The van der Waals surface area contributed by atoms with Crippen molar-refractivity contribution in [3.05, 3.63) is 36.1 Å².